The molecule has 0 aliphatic carbocycles. The molecule has 5 atom stereocenters. The van der Waals surface area contributed by atoms with Crippen LogP contribution in [0, 0.1) is 11.8 Å². The molecule has 47 heavy (non-hydrogen) atoms. The number of carbonyl (C=O) groups excluding carboxylic acids is 2. The van der Waals surface area contributed by atoms with E-state index in [1.807, 2.05) is 65.0 Å². The van der Waals surface area contributed by atoms with Crippen molar-refractivity contribution in [2.24, 2.45) is 11.8 Å². The first-order chi connectivity index (χ1) is 22.2. The van der Waals surface area contributed by atoms with Crippen molar-refractivity contribution in [3.8, 4) is 0 Å². The number of sulfonamides is 1. The average molecular weight is 671 g/mol. The Kier molecular flexibility index (Phi) is 10.6. The molecule has 256 valence electrons. The number of aliphatic hydroxyl groups excluding tert-OH is 1. The van der Waals surface area contributed by atoms with Crippen LogP contribution in [0.25, 0.3) is 5.57 Å². The monoisotopic (exact) mass is 670 g/mol. The molecule has 0 spiro atoms. The zero-order valence-corrected chi connectivity index (χ0v) is 28.4. The maximum atomic E-state index is 14.2. The SMILES string of the molecule is CC(C)CN(CC(O)C(Cc1ccccc1)NC(=O)OC1COC2OCCC12)S(=O)(=O)c1ccc2c(c1)/C(=C\NC(C)(C)C)C(=O)N2. The first-order valence-electron chi connectivity index (χ1n) is 16.1. The van der Waals surface area contributed by atoms with Crippen molar-refractivity contribution in [3.05, 3.63) is 65.9 Å². The molecule has 2 aromatic rings. The summed E-state index contributed by atoms with van der Waals surface area (Å²) in [5, 5.41) is 20.4. The van der Waals surface area contributed by atoms with E-state index in [0.717, 1.165) is 12.0 Å². The van der Waals surface area contributed by atoms with Gasteiger partial charge in [0, 0.05) is 36.1 Å². The van der Waals surface area contributed by atoms with Crippen LogP contribution in [-0.4, -0.2) is 86.2 Å². The third-order valence-corrected chi connectivity index (χ3v) is 10.2. The van der Waals surface area contributed by atoms with Crippen molar-refractivity contribution in [1.29, 1.82) is 0 Å². The van der Waals surface area contributed by atoms with E-state index in [4.69, 9.17) is 14.2 Å². The van der Waals surface area contributed by atoms with Crippen molar-refractivity contribution in [2.45, 2.75) is 82.4 Å². The van der Waals surface area contributed by atoms with E-state index in [2.05, 4.69) is 16.0 Å². The molecule has 3 aliphatic heterocycles. The smallest absolute Gasteiger partial charge is 0.407 e. The molecular formula is C34H46N4O8S. The predicted molar refractivity (Wildman–Crippen MR) is 177 cm³/mol. The molecule has 0 bridgehead atoms. The van der Waals surface area contributed by atoms with Crippen molar-refractivity contribution >= 4 is 33.3 Å². The largest absolute Gasteiger partial charge is 0.443 e. The van der Waals surface area contributed by atoms with Gasteiger partial charge in [-0.1, -0.05) is 44.2 Å². The van der Waals surface area contributed by atoms with Gasteiger partial charge in [-0.25, -0.2) is 13.2 Å². The molecule has 0 aromatic heterocycles. The number of amides is 2. The summed E-state index contributed by atoms with van der Waals surface area (Å²) < 4.78 is 46.4. The number of alkyl carbamates (subject to hydrolysis) is 1. The molecule has 2 amide bonds. The summed E-state index contributed by atoms with van der Waals surface area (Å²) in [5.74, 6) is -0.458. The van der Waals surface area contributed by atoms with Crippen molar-refractivity contribution in [1.82, 2.24) is 14.9 Å². The Labute approximate surface area is 276 Å². The lowest BCUT2D eigenvalue weighted by Gasteiger charge is -2.31. The van der Waals surface area contributed by atoms with Crippen LogP contribution in [0.5, 0.6) is 0 Å². The minimum absolute atomic E-state index is 0.0104. The van der Waals surface area contributed by atoms with Gasteiger partial charge in [-0.2, -0.15) is 4.31 Å². The second-order valence-corrected chi connectivity index (χ2v) is 15.7. The van der Waals surface area contributed by atoms with E-state index in [1.54, 1.807) is 12.3 Å². The molecule has 5 rings (SSSR count). The predicted octanol–water partition coefficient (Wildman–Crippen LogP) is 3.47. The number of nitrogens with one attached hydrogen (secondary N) is 3. The summed E-state index contributed by atoms with van der Waals surface area (Å²) in [4.78, 5) is 25.9. The summed E-state index contributed by atoms with van der Waals surface area (Å²) >= 11 is 0. The number of anilines is 1. The van der Waals surface area contributed by atoms with E-state index in [9.17, 15) is 23.1 Å². The first kappa shape index (κ1) is 34.8. The molecule has 0 saturated carbocycles. The lowest BCUT2D eigenvalue weighted by Crippen LogP contribution is -2.51. The number of nitrogens with zero attached hydrogens (tertiary/aromatic N) is 1. The maximum Gasteiger partial charge on any atom is 0.407 e. The Morgan fingerprint density at radius 2 is 1.89 bits per heavy atom. The number of rotatable bonds is 12. The normalized spacial score (nSPS) is 23.0. The molecule has 3 aliphatic rings. The molecule has 4 N–H and O–H groups in total. The second-order valence-electron chi connectivity index (χ2n) is 13.8. The van der Waals surface area contributed by atoms with Crippen molar-refractivity contribution in [3.63, 3.8) is 0 Å². The molecule has 2 aromatic carbocycles. The van der Waals surface area contributed by atoms with Crippen LogP contribution in [0.15, 0.2) is 59.6 Å². The average Bonchev–Trinajstić information content (AvgIpc) is 3.70. The molecule has 12 nitrogen and oxygen atoms in total. The maximum absolute atomic E-state index is 14.2. The second kappa shape index (κ2) is 14.3. The zero-order chi connectivity index (χ0) is 33.9. The molecule has 5 unspecified atom stereocenters. The van der Waals surface area contributed by atoms with Gasteiger partial charge in [0.25, 0.3) is 5.91 Å². The van der Waals surface area contributed by atoms with E-state index in [0.29, 0.717) is 23.4 Å². The Morgan fingerprint density at radius 3 is 2.60 bits per heavy atom. The highest BCUT2D eigenvalue weighted by molar-refractivity contribution is 7.89. The molecule has 3 heterocycles. The van der Waals surface area contributed by atoms with Crippen LogP contribution in [0.4, 0.5) is 10.5 Å². The highest BCUT2D eigenvalue weighted by Crippen LogP contribution is 2.35. The third kappa shape index (κ3) is 8.52. The summed E-state index contributed by atoms with van der Waals surface area (Å²) in [5.41, 5.74) is 1.85. The summed E-state index contributed by atoms with van der Waals surface area (Å²) in [6.07, 6.45) is -0.311. The van der Waals surface area contributed by atoms with Crippen molar-refractivity contribution < 1.29 is 37.3 Å². The minimum Gasteiger partial charge on any atom is -0.443 e. The van der Waals surface area contributed by atoms with E-state index >= 15 is 0 Å². The lowest BCUT2D eigenvalue weighted by molar-refractivity contribution is -0.110. The van der Waals surface area contributed by atoms with E-state index < -0.39 is 34.4 Å². The minimum atomic E-state index is -4.15. The van der Waals surface area contributed by atoms with Crippen LogP contribution in [0.1, 0.15) is 52.2 Å². The number of ether oxygens (including phenoxy) is 3. The molecule has 2 fully saturated rings. The number of carbonyl (C=O) groups is 2. The quantitative estimate of drug-likeness (QED) is 0.249. The summed E-state index contributed by atoms with van der Waals surface area (Å²) in [6, 6.07) is 13.0. The van der Waals surface area contributed by atoms with Gasteiger partial charge >= 0.3 is 6.09 Å². The fourth-order valence-corrected chi connectivity index (χ4v) is 7.59. The first-order valence-corrected chi connectivity index (χ1v) is 17.5. The molecule has 13 heteroatoms. The Hall–Kier alpha value is -3.49. The van der Waals surface area contributed by atoms with Crippen LogP contribution in [0.2, 0.25) is 0 Å². The summed E-state index contributed by atoms with van der Waals surface area (Å²) in [6.45, 7) is 10.2. The third-order valence-electron chi connectivity index (χ3n) is 8.33. The Bertz CT molecular complexity index is 1570. The molecule has 2 saturated heterocycles. The van der Waals surface area contributed by atoms with Gasteiger partial charge in [0.2, 0.25) is 10.0 Å². The molecule has 0 radical (unpaired) electrons. The van der Waals surface area contributed by atoms with Crippen LogP contribution < -0.4 is 16.0 Å². The fraction of sp³-hybridized carbons (Fsp3) is 0.529. The molecular weight excluding hydrogens is 624 g/mol. The number of hydrogen-bond acceptors (Lipinski definition) is 9. The van der Waals surface area contributed by atoms with Gasteiger partial charge in [-0.05, 0) is 63.3 Å². The fourth-order valence-electron chi connectivity index (χ4n) is 5.94. The van der Waals surface area contributed by atoms with Gasteiger partial charge in [-0.3, -0.25) is 4.79 Å². The van der Waals surface area contributed by atoms with Crippen LogP contribution in [0.3, 0.4) is 0 Å². The number of fused-ring (bicyclic) bond motifs is 2. The summed E-state index contributed by atoms with van der Waals surface area (Å²) in [7, 11) is -4.15. The van der Waals surface area contributed by atoms with Gasteiger partial charge in [0.05, 0.1) is 41.7 Å². The van der Waals surface area contributed by atoms with Gasteiger partial charge < -0.3 is 35.3 Å². The van der Waals surface area contributed by atoms with Gasteiger partial charge in [0.15, 0.2) is 6.29 Å². The highest BCUT2D eigenvalue weighted by atomic mass is 32.2. The Morgan fingerprint density at radius 1 is 1.15 bits per heavy atom. The van der Waals surface area contributed by atoms with Crippen LogP contribution >= 0.6 is 0 Å². The van der Waals surface area contributed by atoms with Gasteiger partial charge in [0.1, 0.15) is 6.10 Å². The number of benzene rings is 2. The number of hydrogen-bond donors (Lipinski definition) is 4. The topological polar surface area (TPSA) is 156 Å². The van der Waals surface area contributed by atoms with Crippen molar-refractivity contribution in [2.75, 3.05) is 31.6 Å². The standard InChI is InChI=1S/C34H46N4O8S/c1-21(2)18-38(47(42,43)23-11-12-27-25(16-23)26(31(40)36-27)17-35-34(3,4)5)19-29(39)28(15-22-9-7-6-8-10-22)37-33(41)46-30-20-45-32-24(30)13-14-44-32/h6-12,16-17,21,24,28-30,32,35,39H,13-15,18-20H2,1-5H3,(H,36,40)(H,37,41)/b26-17+. The Balaban J connectivity index is 1.37. The lowest BCUT2D eigenvalue weighted by atomic mass is 10.0. The van der Waals surface area contributed by atoms with Crippen LogP contribution in [-0.2, 0) is 35.4 Å². The van der Waals surface area contributed by atoms with E-state index in [1.165, 1.54) is 16.4 Å². The van der Waals surface area contributed by atoms with E-state index in [-0.39, 0.29) is 60.6 Å². The van der Waals surface area contributed by atoms with Gasteiger partial charge in [-0.15, -0.1) is 0 Å². The zero-order valence-electron chi connectivity index (χ0n) is 27.6. The highest BCUT2D eigenvalue weighted by Gasteiger charge is 2.44. The number of aliphatic hydroxyl groups is 1.